The molecule has 1 saturated heterocycles. The van der Waals surface area contributed by atoms with Crippen LogP contribution in [0.3, 0.4) is 0 Å². The number of aliphatic hydroxyl groups is 1. The summed E-state index contributed by atoms with van der Waals surface area (Å²) in [7, 11) is 0. The molecule has 1 aromatic heterocycles. The zero-order valence-corrected chi connectivity index (χ0v) is 10.6. The van der Waals surface area contributed by atoms with E-state index in [2.05, 4.69) is 9.97 Å². The summed E-state index contributed by atoms with van der Waals surface area (Å²) in [4.78, 5) is 9.77. The molecule has 1 N–H and O–H groups in total. The Kier molecular flexibility index (Phi) is 3.93. The molecule has 1 aromatic rings. The molecule has 0 aliphatic carbocycles. The van der Waals surface area contributed by atoms with Crippen molar-refractivity contribution in [2.45, 2.75) is 32.5 Å². The quantitative estimate of drug-likeness (QED) is 0.897. The molecule has 0 saturated carbocycles. The minimum absolute atomic E-state index is 0.0958. The van der Waals surface area contributed by atoms with E-state index >= 15 is 0 Å². The SMILES string of the molecule is Cc1nc(N2CCCC(C(F)(F)F)C2)ncc1CO. The highest BCUT2D eigenvalue weighted by molar-refractivity contribution is 5.33. The van der Waals surface area contributed by atoms with Crippen LogP contribution in [0.5, 0.6) is 0 Å². The third kappa shape index (κ3) is 3.15. The second-order valence-corrected chi connectivity index (χ2v) is 4.77. The maximum absolute atomic E-state index is 12.7. The minimum atomic E-state index is -4.17. The lowest BCUT2D eigenvalue weighted by atomic mass is 9.98. The topological polar surface area (TPSA) is 49.2 Å². The number of hydrogen-bond donors (Lipinski definition) is 1. The van der Waals surface area contributed by atoms with Crippen molar-refractivity contribution in [1.82, 2.24) is 9.97 Å². The van der Waals surface area contributed by atoms with Crippen molar-refractivity contribution in [3.8, 4) is 0 Å². The first-order valence-electron chi connectivity index (χ1n) is 6.17. The minimum Gasteiger partial charge on any atom is -0.392 e. The van der Waals surface area contributed by atoms with E-state index in [0.29, 0.717) is 30.2 Å². The summed E-state index contributed by atoms with van der Waals surface area (Å²) in [5.41, 5.74) is 1.19. The van der Waals surface area contributed by atoms with Gasteiger partial charge in [0.15, 0.2) is 0 Å². The molecular formula is C12H16F3N3O. The van der Waals surface area contributed by atoms with E-state index in [4.69, 9.17) is 5.11 Å². The number of rotatable bonds is 2. The second-order valence-electron chi connectivity index (χ2n) is 4.77. The molecule has 0 amide bonds. The van der Waals surface area contributed by atoms with Gasteiger partial charge < -0.3 is 10.0 Å². The van der Waals surface area contributed by atoms with E-state index in [1.807, 2.05) is 0 Å². The van der Waals surface area contributed by atoms with Crippen molar-refractivity contribution < 1.29 is 18.3 Å². The molecule has 1 fully saturated rings. The monoisotopic (exact) mass is 275 g/mol. The van der Waals surface area contributed by atoms with Gasteiger partial charge in [0.25, 0.3) is 0 Å². The van der Waals surface area contributed by atoms with Gasteiger partial charge in [-0.25, -0.2) is 9.97 Å². The number of aryl methyl sites for hydroxylation is 1. The van der Waals surface area contributed by atoms with E-state index in [1.165, 1.54) is 6.20 Å². The third-order valence-electron chi connectivity index (χ3n) is 3.41. The zero-order chi connectivity index (χ0) is 14.0. The Balaban J connectivity index is 2.15. The lowest BCUT2D eigenvalue weighted by molar-refractivity contribution is -0.176. The Bertz CT molecular complexity index is 450. The molecule has 7 heteroatoms. The van der Waals surface area contributed by atoms with Gasteiger partial charge in [0, 0.05) is 30.5 Å². The van der Waals surface area contributed by atoms with Crippen LogP contribution in [0, 0.1) is 12.8 Å². The molecule has 2 heterocycles. The molecule has 1 atom stereocenters. The fraction of sp³-hybridized carbons (Fsp3) is 0.667. The molecule has 4 nitrogen and oxygen atoms in total. The van der Waals surface area contributed by atoms with Gasteiger partial charge in [0.2, 0.25) is 5.95 Å². The highest BCUT2D eigenvalue weighted by Gasteiger charge is 2.42. The summed E-state index contributed by atoms with van der Waals surface area (Å²) in [6, 6.07) is 0. The van der Waals surface area contributed by atoms with Crippen LogP contribution in [0.1, 0.15) is 24.1 Å². The average Bonchev–Trinajstić information content (AvgIpc) is 2.38. The molecule has 0 radical (unpaired) electrons. The van der Waals surface area contributed by atoms with Gasteiger partial charge >= 0.3 is 6.18 Å². The van der Waals surface area contributed by atoms with E-state index in [-0.39, 0.29) is 19.6 Å². The third-order valence-corrected chi connectivity index (χ3v) is 3.41. The Labute approximate surface area is 109 Å². The molecule has 0 spiro atoms. The van der Waals surface area contributed by atoms with Gasteiger partial charge in [-0.3, -0.25) is 0 Å². The average molecular weight is 275 g/mol. The summed E-state index contributed by atoms with van der Waals surface area (Å²) >= 11 is 0. The number of alkyl halides is 3. The highest BCUT2D eigenvalue weighted by Crippen LogP contribution is 2.34. The van der Waals surface area contributed by atoms with E-state index in [1.54, 1.807) is 11.8 Å². The number of aromatic nitrogens is 2. The lowest BCUT2D eigenvalue weighted by Gasteiger charge is -2.33. The second kappa shape index (κ2) is 5.32. The Morgan fingerprint density at radius 2 is 2.21 bits per heavy atom. The first-order valence-corrected chi connectivity index (χ1v) is 6.17. The first-order chi connectivity index (χ1) is 8.91. The van der Waals surface area contributed by atoms with Crippen LogP contribution in [0.2, 0.25) is 0 Å². The van der Waals surface area contributed by atoms with Crippen LogP contribution in [0.15, 0.2) is 6.20 Å². The van der Waals surface area contributed by atoms with Crippen LogP contribution in [-0.2, 0) is 6.61 Å². The maximum Gasteiger partial charge on any atom is 0.393 e. The molecule has 2 rings (SSSR count). The Hall–Kier alpha value is -1.37. The summed E-state index contributed by atoms with van der Waals surface area (Å²) < 4.78 is 38.2. The Morgan fingerprint density at radius 1 is 1.47 bits per heavy atom. The van der Waals surface area contributed by atoms with Gasteiger partial charge in [0.1, 0.15) is 0 Å². The van der Waals surface area contributed by atoms with Gasteiger partial charge in [0.05, 0.1) is 12.5 Å². The highest BCUT2D eigenvalue weighted by atomic mass is 19.4. The van der Waals surface area contributed by atoms with Gasteiger partial charge in [-0.2, -0.15) is 13.2 Å². The number of aliphatic hydroxyl groups excluding tert-OH is 1. The van der Waals surface area contributed by atoms with E-state index in [9.17, 15) is 13.2 Å². The van der Waals surface area contributed by atoms with Crippen molar-refractivity contribution in [2.24, 2.45) is 5.92 Å². The fourth-order valence-corrected chi connectivity index (χ4v) is 2.21. The molecule has 1 unspecified atom stereocenters. The number of halogens is 3. The summed E-state index contributed by atoms with van der Waals surface area (Å²) in [5.74, 6) is -1.01. The summed E-state index contributed by atoms with van der Waals surface area (Å²) in [5, 5.41) is 9.03. The number of anilines is 1. The molecule has 0 aromatic carbocycles. The van der Waals surface area contributed by atoms with Gasteiger partial charge in [-0.05, 0) is 19.8 Å². The van der Waals surface area contributed by atoms with Crippen LogP contribution in [-0.4, -0.2) is 34.3 Å². The molecule has 106 valence electrons. The van der Waals surface area contributed by atoms with Crippen molar-refractivity contribution in [2.75, 3.05) is 18.0 Å². The lowest BCUT2D eigenvalue weighted by Crippen LogP contribution is -2.42. The molecule has 0 bridgehead atoms. The van der Waals surface area contributed by atoms with Crippen LogP contribution in [0.25, 0.3) is 0 Å². The molecule has 19 heavy (non-hydrogen) atoms. The van der Waals surface area contributed by atoms with Crippen LogP contribution >= 0.6 is 0 Å². The van der Waals surface area contributed by atoms with Crippen molar-refractivity contribution in [1.29, 1.82) is 0 Å². The van der Waals surface area contributed by atoms with E-state index < -0.39 is 12.1 Å². The Morgan fingerprint density at radius 3 is 2.79 bits per heavy atom. The molecular weight excluding hydrogens is 259 g/mol. The van der Waals surface area contributed by atoms with Crippen molar-refractivity contribution >= 4 is 5.95 Å². The van der Waals surface area contributed by atoms with Crippen molar-refractivity contribution in [3.63, 3.8) is 0 Å². The van der Waals surface area contributed by atoms with Crippen LogP contribution < -0.4 is 4.90 Å². The number of nitrogens with zero attached hydrogens (tertiary/aromatic N) is 3. The number of piperidine rings is 1. The first kappa shape index (κ1) is 14.0. The normalized spacial score (nSPS) is 20.7. The fourth-order valence-electron chi connectivity index (χ4n) is 2.21. The zero-order valence-electron chi connectivity index (χ0n) is 10.6. The smallest absolute Gasteiger partial charge is 0.392 e. The predicted octanol–water partition coefficient (Wildman–Crippen LogP) is 2.06. The largest absolute Gasteiger partial charge is 0.393 e. The summed E-state index contributed by atoms with van der Waals surface area (Å²) in [6.45, 7) is 1.98. The van der Waals surface area contributed by atoms with Crippen molar-refractivity contribution in [3.05, 3.63) is 17.5 Å². The van der Waals surface area contributed by atoms with Gasteiger partial charge in [-0.15, -0.1) is 0 Å². The number of hydrogen-bond acceptors (Lipinski definition) is 4. The van der Waals surface area contributed by atoms with E-state index in [0.717, 1.165) is 0 Å². The van der Waals surface area contributed by atoms with Crippen LogP contribution in [0.4, 0.5) is 19.1 Å². The maximum atomic E-state index is 12.7. The molecule has 1 aliphatic rings. The van der Waals surface area contributed by atoms with Gasteiger partial charge in [-0.1, -0.05) is 0 Å². The standard InChI is InChI=1S/C12H16F3N3O/c1-8-9(7-19)5-16-11(17-8)18-4-2-3-10(6-18)12(13,14)15/h5,10,19H,2-4,6-7H2,1H3. The predicted molar refractivity (Wildman–Crippen MR) is 63.7 cm³/mol. The summed E-state index contributed by atoms with van der Waals surface area (Å²) in [6.07, 6.45) is -2.06. The molecule has 1 aliphatic heterocycles.